The van der Waals surface area contributed by atoms with Gasteiger partial charge < -0.3 is 10.0 Å². The molecule has 1 aliphatic rings. The van der Waals surface area contributed by atoms with Gasteiger partial charge in [0.1, 0.15) is 0 Å². The van der Waals surface area contributed by atoms with Gasteiger partial charge in [-0.1, -0.05) is 30.3 Å². The zero-order chi connectivity index (χ0) is 15.9. The van der Waals surface area contributed by atoms with E-state index in [0.717, 1.165) is 6.42 Å². The quantitative estimate of drug-likeness (QED) is 0.810. The van der Waals surface area contributed by atoms with Crippen LogP contribution in [-0.2, 0) is 9.59 Å². The second kappa shape index (κ2) is 7.98. The summed E-state index contributed by atoms with van der Waals surface area (Å²) in [4.78, 5) is 36.6. The lowest BCUT2D eigenvalue weighted by molar-refractivity contribution is -0.145. The minimum absolute atomic E-state index is 0.000423. The summed E-state index contributed by atoms with van der Waals surface area (Å²) in [7, 11) is 0. The van der Waals surface area contributed by atoms with Crippen molar-refractivity contribution in [3.05, 3.63) is 35.9 Å². The molecule has 1 aromatic carbocycles. The number of carbonyl (C=O) groups excluding carboxylic acids is 2. The zero-order valence-corrected chi connectivity index (χ0v) is 13.1. The molecule has 0 aliphatic carbocycles. The summed E-state index contributed by atoms with van der Waals surface area (Å²) in [5.41, 5.74) is 0.645. The van der Waals surface area contributed by atoms with Gasteiger partial charge in [0, 0.05) is 18.7 Å². The molecule has 22 heavy (non-hydrogen) atoms. The van der Waals surface area contributed by atoms with E-state index in [4.69, 9.17) is 5.11 Å². The van der Waals surface area contributed by atoms with Gasteiger partial charge in [-0.2, -0.15) is 0 Å². The van der Waals surface area contributed by atoms with Gasteiger partial charge in [0.05, 0.1) is 17.4 Å². The Morgan fingerprint density at radius 1 is 1.18 bits per heavy atom. The van der Waals surface area contributed by atoms with Crippen LogP contribution >= 0.6 is 11.8 Å². The zero-order valence-electron chi connectivity index (χ0n) is 12.2. The number of rotatable bonds is 6. The Bertz CT molecular complexity index is 546. The van der Waals surface area contributed by atoms with Gasteiger partial charge in [0.2, 0.25) is 5.91 Å². The third kappa shape index (κ3) is 4.59. The predicted molar refractivity (Wildman–Crippen MR) is 85.0 cm³/mol. The Morgan fingerprint density at radius 3 is 2.59 bits per heavy atom. The first-order valence-corrected chi connectivity index (χ1v) is 8.40. The van der Waals surface area contributed by atoms with E-state index in [9.17, 15) is 14.4 Å². The fraction of sp³-hybridized carbons (Fsp3) is 0.438. The van der Waals surface area contributed by atoms with Crippen molar-refractivity contribution >= 4 is 29.4 Å². The van der Waals surface area contributed by atoms with E-state index in [1.165, 1.54) is 11.8 Å². The maximum absolute atomic E-state index is 12.1. The average Bonchev–Trinajstić information content (AvgIpc) is 2.55. The monoisotopic (exact) mass is 321 g/mol. The fourth-order valence-corrected chi connectivity index (χ4v) is 3.25. The van der Waals surface area contributed by atoms with Crippen LogP contribution in [0.15, 0.2) is 30.3 Å². The van der Waals surface area contributed by atoms with Crippen molar-refractivity contribution in [3.63, 3.8) is 0 Å². The Hall–Kier alpha value is -1.82. The first kappa shape index (κ1) is 16.5. The van der Waals surface area contributed by atoms with Crippen LogP contribution in [0.3, 0.4) is 0 Å². The number of ketones is 1. The van der Waals surface area contributed by atoms with Crippen LogP contribution in [-0.4, -0.2) is 52.3 Å². The largest absolute Gasteiger partial charge is 0.481 e. The number of aliphatic carboxylic acids is 1. The smallest absolute Gasteiger partial charge is 0.308 e. The Labute approximate surface area is 133 Å². The fourth-order valence-electron chi connectivity index (χ4n) is 2.43. The van der Waals surface area contributed by atoms with Crippen molar-refractivity contribution in [2.45, 2.75) is 12.8 Å². The van der Waals surface area contributed by atoms with Crippen LogP contribution < -0.4 is 0 Å². The molecule has 5 nitrogen and oxygen atoms in total. The van der Waals surface area contributed by atoms with E-state index in [2.05, 4.69) is 0 Å². The SMILES string of the molecule is O=C(CSCC(=O)N1CCC[C@H](C(=O)O)C1)c1ccccc1. The third-order valence-electron chi connectivity index (χ3n) is 3.68. The van der Waals surface area contributed by atoms with E-state index in [1.807, 2.05) is 18.2 Å². The normalized spacial score (nSPS) is 18.0. The van der Waals surface area contributed by atoms with Gasteiger partial charge >= 0.3 is 5.97 Å². The Kier molecular flexibility index (Phi) is 6.00. The lowest BCUT2D eigenvalue weighted by atomic mass is 9.98. The molecular weight excluding hydrogens is 302 g/mol. The molecule has 1 aromatic rings. The number of carboxylic acids is 1. The molecule has 1 fully saturated rings. The average molecular weight is 321 g/mol. The summed E-state index contributed by atoms with van der Waals surface area (Å²) in [6, 6.07) is 8.98. The van der Waals surface area contributed by atoms with Gasteiger partial charge in [-0.05, 0) is 12.8 Å². The summed E-state index contributed by atoms with van der Waals surface area (Å²) in [6.45, 7) is 0.886. The van der Waals surface area contributed by atoms with E-state index in [0.29, 0.717) is 18.5 Å². The van der Waals surface area contributed by atoms with Crippen molar-refractivity contribution in [2.24, 2.45) is 5.92 Å². The van der Waals surface area contributed by atoms with Crippen LogP contribution in [0.25, 0.3) is 0 Å². The summed E-state index contributed by atoms with van der Waals surface area (Å²) >= 11 is 1.28. The first-order chi connectivity index (χ1) is 10.6. The number of hydrogen-bond donors (Lipinski definition) is 1. The molecule has 2 rings (SSSR count). The molecule has 1 amide bonds. The molecule has 1 atom stereocenters. The molecule has 0 spiro atoms. The number of amides is 1. The van der Waals surface area contributed by atoms with Crippen LogP contribution in [0.2, 0.25) is 0 Å². The maximum Gasteiger partial charge on any atom is 0.308 e. The lowest BCUT2D eigenvalue weighted by Crippen LogP contribution is -2.43. The summed E-state index contributed by atoms with van der Waals surface area (Å²) in [5, 5.41) is 9.02. The number of hydrogen-bond acceptors (Lipinski definition) is 4. The molecule has 118 valence electrons. The van der Waals surface area contributed by atoms with E-state index in [1.54, 1.807) is 17.0 Å². The van der Waals surface area contributed by atoms with Gasteiger partial charge in [-0.3, -0.25) is 14.4 Å². The number of carbonyl (C=O) groups is 3. The van der Waals surface area contributed by atoms with Crippen molar-refractivity contribution < 1.29 is 19.5 Å². The van der Waals surface area contributed by atoms with Crippen molar-refractivity contribution in [1.29, 1.82) is 0 Å². The molecule has 1 N–H and O–H groups in total. The molecular formula is C16H19NO4S. The van der Waals surface area contributed by atoms with Crippen LogP contribution in [0, 0.1) is 5.92 Å². The summed E-state index contributed by atoms with van der Waals surface area (Å²) in [5.74, 6) is -0.924. The number of likely N-dealkylation sites (tertiary alicyclic amines) is 1. The number of carboxylic acid groups (broad SMARTS) is 1. The molecule has 0 aromatic heterocycles. The topological polar surface area (TPSA) is 74.7 Å². The number of piperidine rings is 1. The second-order valence-electron chi connectivity index (χ2n) is 5.30. The van der Waals surface area contributed by atoms with E-state index < -0.39 is 11.9 Å². The standard InChI is InChI=1S/C16H19NO4S/c18-14(12-5-2-1-3-6-12)10-22-11-15(19)17-8-4-7-13(9-17)16(20)21/h1-3,5-6,13H,4,7-11H2,(H,20,21)/t13-/m0/s1. The highest BCUT2D eigenvalue weighted by Crippen LogP contribution is 2.18. The lowest BCUT2D eigenvalue weighted by Gasteiger charge is -2.30. The maximum atomic E-state index is 12.1. The molecule has 1 heterocycles. The number of thioether (sulfide) groups is 1. The van der Waals surface area contributed by atoms with E-state index in [-0.39, 0.29) is 29.7 Å². The van der Waals surface area contributed by atoms with Gasteiger partial charge in [0.15, 0.2) is 5.78 Å². The number of nitrogens with zero attached hydrogens (tertiary/aromatic N) is 1. The van der Waals surface area contributed by atoms with Gasteiger partial charge in [0.25, 0.3) is 0 Å². The summed E-state index contributed by atoms with van der Waals surface area (Å²) < 4.78 is 0. The first-order valence-electron chi connectivity index (χ1n) is 7.24. The second-order valence-corrected chi connectivity index (χ2v) is 6.28. The highest BCUT2D eigenvalue weighted by molar-refractivity contribution is 8.00. The predicted octanol–water partition coefficient (Wildman–Crippen LogP) is 1.93. The molecule has 0 radical (unpaired) electrons. The van der Waals surface area contributed by atoms with Crippen molar-refractivity contribution in [2.75, 3.05) is 24.6 Å². The molecule has 1 aliphatic heterocycles. The van der Waals surface area contributed by atoms with Crippen LogP contribution in [0.4, 0.5) is 0 Å². The molecule has 6 heteroatoms. The number of Topliss-reactive ketones (excluding diaryl/α,β-unsaturated/α-hetero) is 1. The Morgan fingerprint density at radius 2 is 1.91 bits per heavy atom. The van der Waals surface area contributed by atoms with E-state index >= 15 is 0 Å². The molecule has 0 saturated carbocycles. The van der Waals surface area contributed by atoms with Crippen LogP contribution in [0.5, 0.6) is 0 Å². The van der Waals surface area contributed by atoms with Crippen LogP contribution in [0.1, 0.15) is 23.2 Å². The van der Waals surface area contributed by atoms with Gasteiger partial charge in [-0.25, -0.2) is 0 Å². The molecule has 0 bridgehead atoms. The van der Waals surface area contributed by atoms with Crippen molar-refractivity contribution in [1.82, 2.24) is 4.90 Å². The third-order valence-corrected chi connectivity index (χ3v) is 4.60. The minimum Gasteiger partial charge on any atom is -0.481 e. The molecule has 1 saturated heterocycles. The van der Waals surface area contributed by atoms with Gasteiger partial charge in [-0.15, -0.1) is 11.8 Å². The highest BCUT2D eigenvalue weighted by atomic mass is 32.2. The summed E-state index contributed by atoms with van der Waals surface area (Å²) in [6.07, 6.45) is 1.34. The highest BCUT2D eigenvalue weighted by Gasteiger charge is 2.27. The molecule has 0 unspecified atom stereocenters. The Balaban J connectivity index is 1.76. The van der Waals surface area contributed by atoms with Crippen molar-refractivity contribution in [3.8, 4) is 0 Å². The number of benzene rings is 1. The minimum atomic E-state index is -0.843.